The molecule has 0 fully saturated rings. The minimum atomic E-state index is 0.690. The van der Waals surface area contributed by atoms with Crippen molar-refractivity contribution in [2.75, 3.05) is 5.32 Å². The Morgan fingerprint density at radius 3 is 2.95 bits per heavy atom. The van der Waals surface area contributed by atoms with Gasteiger partial charge in [0.25, 0.3) is 0 Å². The molecule has 20 heavy (non-hydrogen) atoms. The van der Waals surface area contributed by atoms with Gasteiger partial charge < -0.3 is 5.32 Å². The molecule has 6 heteroatoms. The van der Waals surface area contributed by atoms with Crippen molar-refractivity contribution in [1.82, 2.24) is 19.7 Å². The first kappa shape index (κ1) is 12.8. The van der Waals surface area contributed by atoms with Crippen molar-refractivity contribution in [2.45, 2.75) is 13.5 Å². The lowest BCUT2D eigenvalue weighted by Crippen LogP contribution is -2.00. The molecule has 3 aromatic rings. The monoisotopic (exact) mass is 285 g/mol. The Bertz CT molecular complexity index is 701. The molecular weight excluding hydrogens is 270 g/mol. The number of hydrogen-bond donors (Lipinski definition) is 1. The molecule has 0 radical (unpaired) electrons. The Balaban J connectivity index is 1.70. The number of pyridine rings is 1. The molecule has 0 aliphatic heterocycles. The van der Waals surface area contributed by atoms with Crippen LogP contribution in [0.1, 0.15) is 11.4 Å². The van der Waals surface area contributed by atoms with Crippen LogP contribution in [0.25, 0.3) is 10.7 Å². The summed E-state index contributed by atoms with van der Waals surface area (Å²) in [6.07, 6.45) is 3.76. The molecule has 0 atom stereocenters. The number of anilines is 1. The molecule has 0 saturated carbocycles. The fraction of sp³-hybridized carbons (Fsp3) is 0.214. The van der Waals surface area contributed by atoms with E-state index in [1.807, 2.05) is 38.4 Å². The van der Waals surface area contributed by atoms with Gasteiger partial charge in [0.1, 0.15) is 5.01 Å². The first-order valence-corrected chi connectivity index (χ1v) is 7.20. The van der Waals surface area contributed by atoms with Crippen molar-refractivity contribution in [2.24, 2.45) is 7.05 Å². The van der Waals surface area contributed by atoms with Gasteiger partial charge in [-0.05, 0) is 19.1 Å². The summed E-state index contributed by atoms with van der Waals surface area (Å²) in [7, 11) is 1.92. The van der Waals surface area contributed by atoms with E-state index in [1.165, 1.54) is 0 Å². The van der Waals surface area contributed by atoms with Gasteiger partial charge in [0.15, 0.2) is 0 Å². The summed E-state index contributed by atoms with van der Waals surface area (Å²) in [6, 6.07) is 5.85. The van der Waals surface area contributed by atoms with Crippen LogP contribution >= 0.6 is 11.3 Å². The zero-order valence-electron chi connectivity index (χ0n) is 11.4. The SMILES string of the molecule is Cc1nn(C)cc1NCc1csc(-c2ccccn2)n1. The average Bonchev–Trinajstić information content (AvgIpc) is 3.04. The van der Waals surface area contributed by atoms with Gasteiger partial charge in [0, 0.05) is 24.8 Å². The van der Waals surface area contributed by atoms with Crippen LogP contribution in [-0.2, 0) is 13.6 Å². The van der Waals surface area contributed by atoms with E-state index in [0.29, 0.717) is 6.54 Å². The number of rotatable bonds is 4. The van der Waals surface area contributed by atoms with Gasteiger partial charge in [0.05, 0.1) is 29.3 Å². The largest absolute Gasteiger partial charge is 0.377 e. The summed E-state index contributed by atoms with van der Waals surface area (Å²) in [5, 5.41) is 10.7. The third-order valence-electron chi connectivity index (χ3n) is 2.91. The summed E-state index contributed by atoms with van der Waals surface area (Å²) < 4.78 is 1.80. The number of thiazole rings is 1. The van der Waals surface area contributed by atoms with Gasteiger partial charge in [-0.15, -0.1) is 11.3 Å². The molecule has 3 heterocycles. The molecule has 0 unspecified atom stereocenters. The van der Waals surface area contributed by atoms with Crippen LogP contribution in [0, 0.1) is 6.92 Å². The molecule has 102 valence electrons. The van der Waals surface area contributed by atoms with Crippen molar-refractivity contribution in [3.63, 3.8) is 0 Å². The second-order valence-corrected chi connectivity index (χ2v) is 5.37. The van der Waals surface area contributed by atoms with Crippen LogP contribution in [0.5, 0.6) is 0 Å². The van der Waals surface area contributed by atoms with E-state index < -0.39 is 0 Å². The van der Waals surface area contributed by atoms with Crippen LogP contribution in [-0.4, -0.2) is 19.7 Å². The van der Waals surface area contributed by atoms with Crippen LogP contribution in [0.2, 0.25) is 0 Å². The van der Waals surface area contributed by atoms with Gasteiger partial charge in [-0.3, -0.25) is 9.67 Å². The predicted molar refractivity (Wildman–Crippen MR) is 80.6 cm³/mol. The maximum absolute atomic E-state index is 4.60. The van der Waals surface area contributed by atoms with E-state index in [1.54, 1.807) is 22.2 Å². The van der Waals surface area contributed by atoms with E-state index in [9.17, 15) is 0 Å². The van der Waals surface area contributed by atoms with Crippen LogP contribution in [0.15, 0.2) is 36.0 Å². The number of nitrogens with zero attached hydrogens (tertiary/aromatic N) is 4. The minimum Gasteiger partial charge on any atom is -0.377 e. The molecular formula is C14H15N5S. The van der Waals surface area contributed by atoms with Crippen molar-refractivity contribution in [1.29, 1.82) is 0 Å². The van der Waals surface area contributed by atoms with E-state index in [4.69, 9.17) is 0 Å². The third-order valence-corrected chi connectivity index (χ3v) is 3.82. The fourth-order valence-electron chi connectivity index (χ4n) is 1.95. The maximum atomic E-state index is 4.60. The first-order valence-electron chi connectivity index (χ1n) is 6.32. The predicted octanol–water partition coefficient (Wildman–Crippen LogP) is 2.86. The molecule has 0 aliphatic rings. The zero-order chi connectivity index (χ0) is 13.9. The number of hydrogen-bond acceptors (Lipinski definition) is 5. The van der Waals surface area contributed by atoms with Crippen molar-refractivity contribution < 1.29 is 0 Å². The first-order chi connectivity index (χ1) is 9.72. The molecule has 0 bridgehead atoms. The lowest BCUT2D eigenvalue weighted by molar-refractivity contribution is 0.756. The van der Waals surface area contributed by atoms with Crippen LogP contribution in [0.4, 0.5) is 5.69 Å². The summed E-state index contributed by atoms with van der Waals surface area (Å²) in [5.74, 6) is 0. The Labute approximate surface area is 121 Å². The lowest BCUT2D eigenvalue weighted by Gasteiger charge is -2.01. The average molecular weight is 285 g/mol. The third kappa shape index (κ3) is 2.70. The Hall–Kier alpha value is -2.21. The normalized spacial score (nSPS) is 10.7. The number of aryl methyl sites for hydroxylation is 2. The Morgan fingerprint density at radius 2 is 2.25 bits per heavy atom. The van der Waals surface area contributed by atoms with Gasteiger partial charge in [-0.1, -0.05) is 6.07 Å². The molecule has 0 aromatic carbocycles. The molecule has 5 nitrogen and oxygen atoms in total. The Kier molecular flexibility index (Phi) is 3.47. The van der Waals surface area contributed by atoms with Gasteiger partial charge in [0.2, 0.25) is 0 Å². The van der Waals surface area contributed by atoms with E-state index >= 15 is 0 Å². The highest BCUT2D eigenvalue weighted by molar-refractivity contribution is 7.13. The zero-order valence-corrected chi connectivity index (χ0v) is 12.2. The standard InChI is InChI=1S/C14H15N5S/c1-10-13(8-19(2)18-10)16-7-11-9-20-14(17-11)12-5-3-4-6-15-12/h3-6,8-9,16H,7H2,1-2H3. The van der Waals surface area contributed by atoms with Crippen molar-refractivity contribution >= 4 is 17.0 Å². The van der Waals surface area contributed by atoms with Gasteiger partial charge in [-0.2, -0.15) is 5.10 Å². The molecule has 0 spiro atoms. The second-order valence-electron chi connectivity index (χ2n) is 4.51. The molecule has 0 amide bonds. The van der Waals surface area contributed by atoms with Crippen molar-refractivity contribution in [3.8, 4) is 10.7 Å². The second kappa shape index (κ2) is 5.42. The number of nitrogens with one attached hydrogen (secondary N) is 1. The highest BCUT2D eigenvalue weighted by Crippen LogP contribution is 2.22. The quantitative estimate of drug-likeness (QED) is 0.801. The van der Waals surface area contributed by atoms with E-state index in [2.05, 4.69) is 25.8 Å². The van der Waals surface area contributed by atoms with Crippen LogP contribution in [0.3, 0.4) is 0 Å². The van der Waals surface area contributed by atoms with Crippen LogP contribution < -0.4 is 5.32 Å². The maximum Gasteiger partial charge on any atom is 0.142 e. The number of aromatic nitrogens is 4. The van der Waals surface area contributed by atoms with E-state index in [-0.39, 0.29) is 0 Å². The molecule has 0 saturated heterocycles. The Morgan fingerprint density at radius 1 is 1.35 bits per heavy atom. The summed E-state index contributed by atoms with van der Waals surface area (Å²) in [4.78, 5) is 8.91. The van der Waals surface area contributed by atoms with Crippen molar-refractivity contribution in [3.05, 3.63) is 47.4 Å². The highest BCUT2D eigenvalue weighted by atomic mass is 32.1. The fourth-order valence-corrected chi connectivity index (χ4v) is 2.75. The summed E-state index contributed by atoms with van der Waals surface area (Å²) in [5.41, 5.74) is 3.97. The summed E-state index contributed by atoms with van der Waals surface area (Å²) >= 11 is 1.61. The molecule has 1 N–H and O–H groups in total. The smallest absolute Gasteiger partial charge is 0.142 e. The van der Waals surface area contributed by atoms with Gasteiger partial charge >= 0.3 is 0 Å². The lowest BCUT2D eigenvalue weighted by atomic mass is 10.3. The highest BCUT2D eigenvalue weighted by Gasteiger charge is 2.07. The minimum absolute atomic E-state index is 0.690. The molecule has 0 aliphatic carbocycles. The summed E-state index contributed by atoms with van der Waals surface area (Å²) in [6.45, 7) is 2.68. The molecule has 3 rings (SSSR count). The topological polar surface area (TPSA) is 55.6 Å². The molecule has 3 aromatic heterocycles. The van der Waals surface area contributed by atoms with Gasteiger partial charge in [-0.25, -0.2) is 4.98 Å². The van der Waals surface area contributed by atoms with E-state index in [0.717, 1.165) is 27.8 Å².